The molecule has 1 N–H and O–H groups in total. The van der Waals surface area contributed by atoms with Crippen molar-refractivity contribution in [2.24, 2.45) is 0 Å². The van der Waals surface area contributed by atoms with Gasteiger partial charge in [0.1, 0.15) is 0 Å². The highest BCUT2D eigenvalue weighted by atomic mass is 33.1. The molecule has 0 aliphatic carbocycles. The number of imidazole rings is 1. The van der Waals surface area contributed by atoms with E-state index < -0.39 is 0 Å². The van der Waals surface area contributed by atoms with Gasteiger partial charge < -0.3 is 4.98 Å². The van der Waals surface area contributed by atoms with Crippen LogP contribution in [0.1, 0.15) is 11.4 Å². The van der Waals surface area contributed by atoms with Gasteiger partial charge in [-0.25, -0.2) is 4.98 Å². The zero-order valence-electron chi connectivity index (χ0n) is 5.79. The minimum atomic E-state index is 1.00. The molecule has 0 aromatic carbocycles. The van der Waals surface area contributed by atoms with Gasteiger partial charge in [0.05, 0.1) is 12.0 Å². The summed E-state index contributed by atoms with van der Waals surface area (Å²) in [4.78, 5) is 7.18. The monoisotopic (exact) mass is 174 g/mol. The standard InChI is InChI=1S/C6H10N2S2/c1-5-6(2-3-10-9)8-4-7-5/h4,9H,2-3H2,1H3,(H,7,8). The predicted octanol–water partition coefficient (Wildman–Crippen LogP) is 1.84. The van der Waals surface area contributed by atoms with Crippen molar-refractivity contribution in [2.75, 3.05) is 5.75 Å². The highest BCUT2D eigenvalue weighted by Crippen LogP contribution is 2.09. The molecule has 0 saturated carbocycles. The van der Waals surface area contributed by atoms with E-state index in [9.17, 15) is 0 Å². The summed E-state index contributed by atoms with van der Waals surface area (Å²) in [5.41, 5.74) is 2.32. The number of nitrogens with zero attached hydrogens (tertiary/aromatic N) is 1. The second-order valence-electron chi connectivity index (χ2n) is 2.06. The number of hydrogen-bond acceptors (Lipinski definition) is 3. The molecular formula is C6H10N2S2. The number of aromatic amines is 1. The SMILES string of the molecule is Cc1[nH]cnc1CCSS. The molecule has 2 nitrogen and oxygen atoms in total. The first-order chi connectivity index (χ1) is 4.84. The first-order valence-electron chi connectivity index (χ1n) is 3.10. The largest absolute Gasteiger partial charge is 0.348 e. The molecule has 0 aliphatic heterocycles. The van der Waals surface area contributed by atoms with E-state index in [1.165, 1.54) is 5.69 Å². The summed E-state index contributed by atoms with van der Waals surface area (Å²) < 4.78 is 0. The lowest BCUT2D eigenvalue weighted by atomic mass is 10.3. The lowest BCUT2D eigenvalue weighted by Gasteiger charge is -1.93. The zero-order chi connectivity index (χ0) is 7.40. The van der Waals surface area contributed by atoms with Gasteiger partial charge in [-0.3, -0.25) is 0 Å². The lowest BCUT2D eigenvalue weighted by Crippen LogP contribution is -1.89. The van der Waals surface area contributed by atoms with Crippen molar-refractivity contribution in [1.82, 2.24) is 9.97 Å². The summed E-state index contributed by atoms with van der Waals surface area (Å²) in [6.45, 7) is 2.03. The van der Waals surface area contributed by atoms with Gasteiger partial charge in [-0.2, -0.15) is 0 Å². The second-order valence-corrected chi connectivity index (χ2v) is 3.50. The van der Waals surface area contributed by atoms with E-state index >= 15 is 0 Å². The molecule has 1 aromatic heterocycles. The van der Waals surface area contributed by atoms with Gasteiger partial charge in [0.25, 0.3) is 0 Å². The molecule has 1 aromatic rings. The molecule has 4 heteroatoms. The van der Waals surface area contributed by atoms with Crippen molar-refractivity contribution < 1.29 is 0 Å². The highest BCUT2D eigenvalue weighted by molar-refractivity contribution is 8.68. The third-order valence-corrected chi connectivity index (χ3v) is 2.30. The molecule has 0 aliphatic rings. The maximum atomic E-state index is 4.15. The number of H-pyrrole nitrogens is 1. The lowest BCUT2D eigenvalue weighted by molar-refractivity contribution is 1.05. The van der Waals surface area contributed by atoms with Crippen molar-refractivity contribution in [2.45, 2.75) is 13.3 Å². The fourth-order valence-electron chi connectivity index (χ4n) is 0.782. The van der Waals surface area contributed by atoms with Gasteiger partial charge in [-0.05, 0) is 6.92 Å². The van der Waals surface area contributed by atoms with E-state index in [4.69, 9.17) is 0 Å². The topological polar surface area (TPSA) is 28.7 Å². The van der Waals surface area contributed by atoms with Crippen LogP contribution in [0, 0.1) is 6.92 Å². The Bertz CT molecular complexity index is 197. The Hall–Kier alpha value is -0.0900. The van der Waals surface area contributed by atoms with Crippen LogP contribution in [0.4, 0.5) is 0 Å². The van der Waals surface area contributed by atoms with E-state index in [1.807, 2.05) is 6.92 Å². The molecule has 0 saturated heterocycles. The number of rotatable bonds is 3. The molecule has 0 unspecified atom stereocenters. The van der Waals surface area contributed by atoms with Gasteiger partial charge >= 0.3 is 0 Å². The van der Waals surface area contributed by atoms with Crippen molar-refractivity contribution in [3.8, 4) is 0 Å². The number of aryl methyl sites for hydroxylation is 2. The first-order valence-corrected chi connectivity index (χ1v) is 5.13. The Morgan fingerprint density at radius 3 is 3.10 bits per heavy atom. The molecule has 10 heavy (non-hydrogen) atoms. The molecule has 0 spiro atoms. The van der Waals surface area contributed by atoms with Crippen LogP contribution < -0.4 is 0 Å². The normalized spacial score (nSPS) is 10.2. The number of nitrogens with one attached hydrogen (secondary N) is 1. The van der Waals surface area contributed by atoms with Crippen LogP contribution in [0.25, 0.3) is 0 Å². The van der Waals surface area contributed by atoms with Crippen LogP contribution in [0.5, 0.6) is 0 Å². The van der Waals surface area contributed by atoms with Crippen LogP contribution in [0.15, 0.2) is 6.33 Å². The molecule has 0 radical (unpaired) electrons. The Balaban J connectivity index is 2.49. The van der Waals surface area contributed by atoms with Gasteiger partial charge in [-0.15, -0.1) is 11.7 Å². The molecular weight excluding hydrogens is 164 g/mol. The average Bonchev–Trinajstić information content (AvgIpc) is 2.31. The number of hydrogen-bond donors (Lipinski definition) is 2. The Labute approximate surface area is 69.6 Å². The van der Waals surface area contributed by atoms with E-state index in [-0.39, 0.29) is 0 Å². The molecule has 1 heterocycles. The highest BCUT2D eigenvalue weighted by Gasteiger charge is 1.98. The molecule has 56 valence electrons. The van der Waals surface area contributed by atoms with E-state index in [0.717, 1.165) is 17.9 Å². The molecule has 0 fully saturated rings. The smallest absolute Gasteiger partial charge is 0.0925 e. The number of thiol groups is 1. The van der Waals surface area contributed by atoms with Crippen LogP contribution in [0.2, 0.25) is 0 Å². The summed E-state index contributed by atoms with van der Waals surface area (Å²) in [5.74, 6) is 1.02. The van der Waals surface area contributed by atoms with Crippen LogP contribution in [0.3, 0.4) is 0 Å². The van der Waals surface area contributed by atoms with Crippen molar-refractivity contribution >= 4 is 22.5 Å². The third kappa shape index (κ3) is 1.95. The van der Waals surface area contributed by atoms with E-state index in [0.29, 0.717) is 0 Å². The van der Waals surface area contributed by atoms with Gasteiger partial charge in [-0.1, -0.05) is 10.8 Å². The summed E-state index contributed by atoms with van der Waals surface area (Å²) >= 11 is 4.04. The van der Waals surface area contributed by atoms with Crippen LogP contribution >= 0.6 is 22.5 Å². The summed E-state index contributed by atoms with van der Waals surface area (Å²) in [6, 6.07) is 0. The summed E-state index contributed by atoms with van der Waals surface area (Å²) in [7, 11) is 1.55. The maximum Gasteiger partial charge on any atom is 0.0925 e. The fraction of sp³-hybridized carbons (Fsp3) is 0.500. The summed E-state index contributed by atoms with van der Waals surface area (Å²) in [5, 5.41) is 0. The molecule has 1 rings (SSSR count). The first kappa shape index (κ1) is 8.01. The minimum absolute atomic E-state index is 1.00. The molecule has 0 bridgehead atoms. The second kappa shape index (κ2) is 3.93. The quantitative estimate of drug-likeness (QED) is 0.541. The van der Waals surface area contributed by atoms with Crippen LogP contribution in [-0.4, -0.2) is 15.7 Å². The minimum Gasteiger partial charge on any atom is -0.348 e. The Kier molecular flexibility index (Phi) is 3.15. The maximum absolute atomic E-state index is 4.15. The molecule has 0 atom stereocenters. The Morgan fingerprint density at radius 2 is 2.60 bits per heavy atom. The zero-order valence-corrected chi connectivity index (χ0v) is 7.51. The van der Waals surface area contributed by atoms with E-state index in [2.05, 4.69) is 21.6 Å². The van der Waals surface area contributed by atoms with Crippen molar-refractivity contribution in [1.29, 1.82) is 0 Å². The van der Waals surface area contributed by atoms with Gasteiger partial charge in [0.15, 0.2) is 0 Å². The average molecular weight is 174 g/mol. The third-order valence-electron chi connectivity index (χ3n) is 1.36. The van der Waals surface area contributed by atoms with Gasteiger partial charge in [0, 0.05) is 17.9 Å². The summed E-state index contributed by atoms with van der Waals surface area (Å²) in [6.07, 6.45) is 2.73. The predicted molar refractivity (Wildman–Crippen MR) is 48.5 cm³/mol. The number of aromatic nitrogens is 2. The molecule has 0 amide bonds. The van der Waals surface area contributed by atoms with E-state index in [1.54, 1.807) is 17.1 Å². The fourth-order valence-corrected chi connectivity index (χ4v) is 1.34. The Morgan fingerprint density at radius 1 is 1.80 bits per heavy atom. The van der Waals surface area contributed by atoms with Crippen molar-refractivity contribution in [3.63, 3.8) is 0 Å². The van der Waals surface area contributed by atoms with Crippen LogP contribution in [-0.2, 0) is 6.42 Å². The van der Waals surface area contributed by atoms with Gasteiger partial charge in [0.2, 0.25) is 0 Å². The van der Waals surface area contributed by atoms with Crippen molar-refractivity contribution in [3.05, 3.63) is 17.7 Å².